The van der Waals surface area contributed by atoms with Crippen LogP contribution in [0.25, 0.3) is 22.6 Å². The molecule has 34 heavy (non-hydrogen) atoms. The molecule has 0 spiro atoms. The zero-order chi connectivity index (χ0) is 24.2. The average Bonchev–Trinajstić information content (AvgIpc) is 3.19. The molecule has 7 nitrogen and oxygen atoms in total. The van der Waals surface area contributed by atoms with E-state index < -0.39 is 5.97 Å². The molecular weight excluding hydrogens is 472 g/mol. The number of benzene rings is 2. The van der Waals surface area contributed by atoms with Gasteiger partial charge in [0.2, 0.25) is 0 Å². The molecule has 174 valence electrons. The van der Waals surface area contributed by atoms with Gasteiger partial charge in [0.1, 0.15) is 11.3 Å². The predicted octanol–water partition coefficient (Wildman–Crippen LogP) is 6.47. The summed E-state index contributed by atoms with van der Waals surface area (Å²) in [6.45, 7) is 5.99. The number of carbonyl (C=O) groups is 1. The van der Waals surface area contributed by atoms with Gasteiger partial charge in [-0.2, -0.15) is 0 Å². The van der Waals surface area contributed by atoms with E-state index in [1.807, 2.05) is 44.2 Å². The molecule has 0 amide bonds. The maximum absolute atomic E-state index is 12.6. The number of anilines is 2. The summed E-state index contributed by atoms with van der Waals surface area (Å²) in [5.74, 6) is 1.09. The van der Waals surface area contributed by atoms with Crippen molar-refractivity contribution < 1.29 is 14.3 Å². The molecule has 0 aliphatic rings. The van der Waals surface area contributed by atoms with Crippen molar-refractivity contribution in [2.24, 2.45) is 0 Å². The molecular formula is C25H23ClN4O3S. The van der Waals surface area contributed by atoms with Crippen molar-refractivity contribution in [3.63, 3.8) is 0 Å². The van der Waals surface area contributed by atoms with Gasteiger partial charge >= 0.3 is 5.97 Å². The van der Waals surface area contributed by atoms with Gasteiger partial charge in [-0.05, 0) is 68.8 Å². The van der Waals surface area contributed by atoms with Crippen LogP contribution in [-0.4, -0.2) is 34.6 Å². The maximum atomic E-state index is 12.6. The van der Waals surface area contributed by atoms with Gasteiger partial charge in [-0.3, -0.25) is 0 Å². The van der Waals surface area contributed by atoms with Gasteiger partial charge in [0.05, 0.1) is 19.4 Å². The largest absolute Gasteiger partial charge is 0.496 e. The molecule has 0 bridgehead atoms. The van der Waals surface area contributed by atoms with Gasteiger partial charge in [-0.25, -0.2) is 19.7 Å². The molecule has 0 saturated carbocycles. The standard InChI is InChI=1S/C25H23ClN4O3S/c1-5-33-24(31)19-13-27-22(16-6-9-18(26)10-7-16)29-23(19)30-25-28-21(15(3)34-25)17-8-11-20(32-4)14(2)12-17/h6-13H,5H2,1-4H3,(H,27,28,29,30). The molecule has 2 aromatic heterocycles. The van der Waals surface area contributed by atoms with Gasteiger partial charge in [-0.1, -0.05) is 11.6 Å². The number of aromatic nitrogens is 3. The summed E-state index contributed by atoms with van der Waals surface area (Å²) in [7, 11) is 1.65. The highest BCUT2D eigenvalue weighted by atomic mass is 35.5. The number of halogens is 1. The first-order valence-corrected chi connectivity index (χ1v) is 11.8. The quantitative estimate of drug-likeness (QED) is 0.295. The van der Waals surface area contributed by atoms with Gasteiger partial charge in [0, 0.05) is 27.2 Å². The van der Waals surface area contributed by atoms with Gasteiger partial charge in [0.15, 0.2) is 16.8 Å². The summed E-state index contributed by atoms with van der Waals surface area (Å²) in [4.78, 5) is 27.3. The minimum absolute atomic E-state index is 0.231. The van der Waals surface area contributed by atoms with Crippen LogP contribution in [0.15, 0.2) is 48.7 Å². The van der Waals surface area contributed by atoms with Crippen molar-refractivity contribution in [2.75, 3.05) is 19.0 Å². The Hall–Kier alpha value is -3.49. The zero-order valence-corrected chi connectivity index (χ0v) is 20.8. The first-order valence-electron chi connectivity index (χ1n) is 10.6. The van der Waals surface area contributed by atoms with Gasteiger partial charge < -0.3 is 14.8 Å². The molecule has 0 fully saturated rings. The van der Waals surface area contributed by atoms with Crippen molar-refractivity contribution in [1.82, 2.24) is 15.0 Å². The third-order valence-electron chi connectivity index (χ3n) is 5.08. The molecule has 2 aromatic carbocycles. The summed E-state index contributed by atoms with van der Waals surface area (Å²) < 4.78 is 10.6. The Labute approximate surface area is 206 Å². The molecule has 0 unspecified atom stereocenters. The number of ether oxygens (including phenoxy) is 2. The number of esters is 1. The molecule has 9 heteroatoms. The van der Waals surface area contributed by atoms with Crippen LogP contribution in [0, 0.1) is 13.8 Å². The zero-order valence-electron chi connectivity index (χ0n) is 19.2. The Kier molecular flexibility index (Phi) is 7.09. The first kappa shape index (κ1) is 23.7. The van der Waals surface area contributed by atoms with Crippen LogP contribution in [0.1, 0.15) is 27.7 Å². The van der Waals surface area contributed by atoms with Crippen LogP contribution in [0.4, 0.5) is 10.9 Å². The van der Waals surface area contributed by atoms with Gasteiger partial charge in [-0.15, -0.1) is 11.3 Å². The Morgan fingerprint density at radius 3 is 2.50 bits per heavy atom. The average molecular weight is 495 g/mol. The smallest absolute Gasteiger partial charge is 0.343 e. The molecule has 0 aliphatic carbocycles. The van der Waals surface area contributed by atoms with Crippen molar-refractivity contribution in [1.29, 1.82) is 0 Å². The second-order valence-corrected chi connectivity index (χ2v) is 9.06. The van der Waals surface area contributed by atoms with Crippen LogP contribution < -0.4 is 10.1 Å². The summed E-state index contributed by atoms with van der Waals surface area (Å²) in [6.07, 6.45) is 1.46. The van der Waals surface area contributed by atoms with Gasteiger partial charge in [0.25, 0.3) is 0 Å². The number of rotatable bonds is 7. The van der Waals surface area contributed by atoms with Crippen molar-refractivity contribution in [2.45, 2.75) is 20.8 Å². The lowest BCUT2D eigenvalue weighted by Gasteiger charge is -2.10. The number of nitrogens with one attached hydrogen (secondary N) is 1. The van der Waals surface area contributed by atoms with Crippen LogP contribution in [0.5, 0.6) is 5.75 Å². The lowest BCUT2D eigenvalue weighted by molar-refractivity contribution is 0.0526. The summed E-state index contributed by atoms with van der Waals surface area (Å²) in [5.41, 5.74) is 3.86. The third-order valence-corrected chi connectivity index (χ3v) is 6.21. The molecule has 0 radical (unpaired) electrons. The normalized spacial score (nSPS) is 10.7. The number of methoxy groups -OCH3 is 1. The Bertz CT molecular complexity index is 1340. The predicted molar refractivity (Wildman–Crippen MR) is 135 cm³/mol. The van der Waals surface area contributed by atoms with E-state index in [1.165, 1.54) is 17.5 Å². The number of nitrogens with zero attached hydrogens (tertiary/aromatic N) is 3. The van der Waals surface area contributed by atoms with Crippen LogP contribution in [0.3, 0.4) is 0 Å². The second kappa shape index (κ2) is 10.2. The van der Waals surface area contributed by atoms with E-state index in [0.29, 0.717) is 21.8 Å². The fourth-order valence-electron chi connectivity index (χ4n) is 3.42. The van der Waals surface area contributed by atoms with E-state index in [-0.39, 0.29) is 12.2 Å². The number of thiazole rings is 1. The third kappa shape index (κ3) is 5.03. The number of aryl methyl sites for hydroxylation is 2. The van der Waals surface area contributed by atoms with E-state index in [1.54, 1.807) is 26.2 Å². The SMILES string of the molecule is CCOC(=O)c1cnc(-c2ccc(Cl)cc2)nc1Nc1nc(-c2ccc(OC)c(C)c2)c(C)s1. The van der Waals surface area contributed by atoms with Crippen LogP contribution in [0.2, 0.25) is 5.02 Å². The monoisotopic (exact) mass is 494 g/mol. The lowest BCUT2D eigenvalue weighted by Crippen LogP contribution is -2.11. The number of hydrogen-bond acceptors (Lipinski definition) is 8. The highest BCUT2D eigenvalue weighted by Gasteiger charge is 2.19. The highest BCUT2D eigenvalue weighted by Crippen LogP contribution is 2.34. The van der Waals surface area contributed by atoms with Crippen LogP contribution >= 0.6 is 22.9 Å². The fraction of sp³-hybridized carbons (Fsp3) is 0.200. The minimum atomic E-state index is -0.507. The van der Waals surface area contributed by atoms with E-state index in [9.17, 15) is 4.79 Å². The van der Waals surface area contributed by atoms with E-state index >= 15 is 0 Å². The molecule has 0 aliphatic heterocycles. The molecule has 4 aromatic rings. The van der Waals surface area contributed by atoms with Crippen molar-refractivity contribution >= 4 is 39.9 Å². The molecule has 0 saturated heterocycles. The Morgan fingerprint density at radius 1 is 1.09 bits per heavy atom. The van der Waals surface area contributed by atoms with E-state index in [2.05, 4.69) is 15.3 Å². The second-order valence-electron chi connectivity index (χ2n) is 7.42. The van der Waals surface area contributed by atoms with Crippen molar-refractivity contribution in [3.8, 4) is 28.4 Å². The summed E-state index contributed by atoms with van der Waals surface area (Å²) >= 11 is 7.48. The molecule has 1 N–H and O–H groups in total. The number of carbonyl (C=O) groups excluding carboxylic acids is 1. The minimum Gasteiger partial charge on any atom is -0.496 e. The van der Waals surface area contributed by atoms with Crippen molar-refractivity contribution in [3.05, 3.63) is 69.7 Å². The highest BCUT2D eigenvalue weighted by molar-refractivity contribution is 7.16. The first-order chi connectivity index (χ1) is 16.4. The summed E-state index contributed by atoms with van der Waals surface area (Å²) in [5, 5.41) is 4.43. The maximum Gasteiger partial charge on any atom is 0.343 e. The Balaban J connectivity index is 1.71. The fourth-order valence-corrected chi connectivity index (χ4v) is 4.38. The molecule has 2 heterocycles. The lowest BCUT2D eigenvalue weighted by atomic mass is 10.1. The van der Waals surface area contributed by atoms with E-state index in [0.717, 1.165) is 33.0 Å². The summed E-state index contributed by atoms with van der Waals surface area (Å²) in [6, 6.07) is 13.1. The Morgan fingerprint density at radius 2 is 1.82 bits per heavy atom. The molecule has 4 rings (SSSR count). The topological polar surface area (TPSA) is 86.2 Å². The molecule has 0 atom stereocenters. The van der Waals surface area contributed by atoms with Crippen LogP contribution in [-0.2, 0) is 4.74 Å². The van der Waals surface area contributed by atoms with E-state index in [4.69, 9.17) is 26.1 Å². The number of hydrogen-bond donors (Lipinski definition) is 1.